The third kappa shape index (κ3) is 4.84. The summed E-state index contributed by atoms with van der Waals surface area (Å²) in [6.45, 7) is -0.0225. The summed E-state index contributed by atoms with van der Waals surface area (Å²) in [6.07, 6.45) is -1.75. The highest BCUT2D eigenvalue weighted by Gasteiger charge is 2.50. The van der Waals surface area contributed by atoms with Crippen molar-refractivity contribution in [3.63, 3.8) is 0 Å². The van der Waals surface area contributed by atoms with Crippen LogP contribution in [0.5, 0.6) is 0 Å². The van der Waals surface area contributed by atoms with Crippen LogP contribution in [0.2, 0.25) is 0 Å². The van der Waals surface area contributed by atoms with Gasteiger partial charge in [-0.05, 0) is 11.1 Å². The lowest BCUT2D eigenvalue weighted by molar-refractivity contribution is -0.118. The third-order valence-electron chi connectivity index (χ3n) is 4.66. The number of carbonyl (C=O) groups is 2. The second-order valence-electron chi connectivity index (χ2n) is 6.70. The van der Waals surface area contributed by atoms with Crippen LogP contribution in [0.15, 0.2) is 66.4 Å². The van der Waals surface area contributed by atoms with Gasteiger partial charge in [-0.2, -0.15) is 0 Å². The summed E-state index contributed by atoms with van der Waals surface area (Å²) in [6, 6.07) is 16.1. The third-order valence-corrected chi connectivity index (χ3v) is 6.76. The second-order valence-corrected chi connectivity index (χ2v) is 8.67. The van der Waals surface area contributed by atoms with E-state index in [1.165, 1.54) is 38.5 Å². The summed E-state index contributed by atoms with van der Waals surface area (Å²) in [5, 5.41) is -1.51. The molecule has 0 aromatic heterocycles. The van der Waals surface area contributed by atoms with E-state index in [1.54, 1.807) is 36.4 Å². The van der Waals surface area contributed by atoms with Gasteiger partial charge < -0.3 is 18.9 Å². The predicted molar refractivity (Wildman–Crippen MR) is 112 cm³/mol. The van der Waals surface area contributed by atoms with E-state index < -0.39 is 38.9 Å². The van der Waals surface area contributed by atoms with E-state index in [4.69, 9.17) is 18.9 Å². The van der Waals surface area contributed by atoms with Crippen molar-refractivity contribution in [3.05, 3.63) is 77.5 Å². The molecular formula is C22H22O8S. The van der Waals surface area contributed by atoms with Crippen molar-refractivity contribution in [3.8, 4) is 0 Å². The van der Waals surface area contributed by atoms with Gasteiger partial charge in [0.2, 0.25) is 5.78 Å². The molecule has 0 amide bonds. The van der Waals surface area contributed by atoms with Gasteiger partial charge in [-0.15, -0.1) is 0 Å². The van der Waals surface area contributed by atoms with Gasteiger partial charge in [-0.3, -0.25) is 4.79 Å². The summed E-state index contributed by atoms with van der Waals surface area (Å²) in [4.78, 5) is 25.1. The zero-order valence-electron chi connectivity index (χ0n) is 17.0. The van der Waals surface area contributed by atoms with E-state index in [-0.39, 0.29) is 29.2 Å². The van der Waals surface area contributed by atoms with Crippen molar-refractivity contribution >= 4 is 26.7 Å². The van der Waals surface area contributed by atoms with Crippen LogP contribution < -0.4 is 0 Å². The molecule has 0 bridgehead atoms. The Balaban J connectivity index is 1.95. The molecule has 2 aromatic rings. The van der Waals surface area contributed by atoms with Crippen LogP contribution in [-0.4, -0.2) is 53.9 Å². The number of benzene rings is 2. The lowest BCUT2D eigenvalue weighted by atomic mass is 10.1. The zero-order valence-corrected chi connectivity index (χ0v) is 17.8. The fraction of sp³-hybridized carbons (Fsp3) is 0.273. The minimum atomic E-state index is -4.17. The van der Waals surface area contributed by atoms with Crippen molar-refractivity contribution in [2.75, 3.05) is 27.4 Å². The predicted octanol–water partition coefficient (Wildman–Crippen LogP) is 2.91. The van der Waals surface area contributed by atoms with Gasteiger partial charge in [0.05, 0.1) is 6.61 Å². The maximum atomic E-state index is 13.3. The molecule has 0 saturated carbocycles. The molecule has 0 fully saturated rings. The lowest BCUT2D eigenvalue weighted by Crippen LogP contribution is -2.26. The number of hydrogen-bond acceptors (Lipinski definition) is 8. The van der Waals surface area contributed by atoms with Gasteiger partial charge in [0.15, 0.2) is 20.8 Å². The van der Waals surface area contributed by atoms with E-state index in [1.807, 2.05) is 0 Å². The standard InChI is InChI=1S/C22H22O8S/c1-27-13-17(28-2)14-29-22(24)30-19-18(23)20(15-9-5-3-6-10-15)31(25,26)21(19)16-11-7-4-8-12-16/h3-12,17,20H,13-14H2,1-2H3. The van der Waals surface area contributed by atoms with Gasteiger partial charge >= 0.3 is 6.16 Å². The lowest BCUT2D eigenvalue weighted by Gasteiger charge is -2.14. The van der Waals surface area contributed by atoms with Crippen LogP contribution in [0, 0.1) is 0 Å². The number of Topliss-reactive ketones (excluding diaryl/α,β-unsaturated/α-hetero) is 1. The Morgan fingerprint density at radius 3 is 2.16 bits per heavy atom. The average molecular weight is 446 g/mol. The van der Waals surface area contributed by atoms with Crippen molar-refractivity contribution < 1.29 is 37.0 Å². The number of methoxy groups -OCH3 is 2. The number of ether oxygens (including phenoxy) is 4. The molecule has 0 radical (unpaired) electrons. The minimum absolute atomic E-state index is 0.172. The number of allylic oxidation sites excluding steroid dienone is 1. The monoisotopic (exact) mass is 446 g/mol. The first-order valence-corrected chi connectivity index (χ1v) is 10.9. The Hall–Kier alpha value is -3.01. The van der Waals surface area contributed by atoms with Crippen LogP contribution in [-0.2, 0) is 33.6 Å². The maximum absolute atomic E-state index is 13.3. The Morgan fingerprint density at radius 2 is 1.58 bits per heavy atom. The first kappa shape index (κ1) is 22.7. The smallest absolute Gasteiger partial charge is 0.431 e. The van der Waals surface area contributed by atoms with Crippen LogP contribution in [0.25, 0.3) is 4.91 Å². The number of ketones is 1. The summed E-state index contributed by atoms with van der Waals surface area (Å²) in [7, 11) is -1.28. The quantitative estimate of drug-likeness (QED) is 0.570. The topological polar surface area (TPSA) is 105 Å². The summed E-state index contributed by atoms with van der Waals surface area (Å²) < 4.78 is 46.9. The molecule has 1 heterocycles. The molecule has 1 aliphatic heterocycles. The van der Waals surface area contributed by atoms with E-state index in [0.717, 1.165) is 0 Å². The first-order valence-electron chi connectivity index (χ1n) is 9.39. The molecule has 0 spiro atoms. The molecule has 0 aliphatic carbocycles. The van der Waals surface area contributed by atoms with E-state index in [2.05, 4.69) is 0 Å². The van der Waals surface area contributed by atoms with Crippen molar-refractivity contribution in [1.82, 2.24) is 0 Å². The van der Waals surface area contributed by atoms with E-state index >= 15 is 0 Å². The molecule has 164 valence electrons. The fourth-order valence-corrected chi connectivity index (χ4v) is 5.21. The highest BCUT2D eigenvalue weighted by molar-refractivity contribution is 8.02. The Bertz CT molecular complexity index is 1060. The largest absolute Gasteiger partial charge is 0.514 e. The van der Waals surface area contributed by atoms with Crippen LogP contribution >= 0.6 is 0 Å². The Labute approximate surface area is 180 Å². The molecular weight excluding hydrogens is 424 g/mol. The van der Waals surface area contributed by atoms with E-state index in [9.17, 15) is 18.0 Å². The van der Waals surface area contributed by atoms with Gasteiger partial charge in [0, 0.05) is 14.2 Å². The summed E-state index contributed by atoms with van der Waals surface area (Å²) >= 11 is 0. The van der Waals surface area contributed by atoms with Gasteiger partial charge in [0.1, 0.15) is 17.6 Å². The molecule has 3 rings (SSSR count). The Kier molecular flexibility index (Phi) is 7.21. The van der Waals surface area contributed by atoms with Crippen LogP contribution in [0.1, 0.15) is 16.4 Å². The molecule has 2 unspecified atom stereocenters. The molecule has 2 aromatic carbocycles. The zero-order chi connectivity index (χ0) is 22.4. The second kappa shape index (κ2) is 9.86. The van der Waals surface area contributed by atoms with E-state index in [0.29, 0.717) is 0 Å². The van der Waals surface area contributed by atoms with Gasteiger partial charge in [-0.25, -0.2) is 13.2 Å². The normalized spacial score (nSPS) is 18.6. The van der Waals surface area contributed by atoms with Crippen LogP contribution in [0.3, 0.4) is 0 Å². The number of sulfone groups is 1. The van der Waals surface area contributed by atoms with Crippen LogP contribution in [0.4, 0.5) is 4.79 Å². The molecule has 31 heavy (non-hydrogen) atoms. The molecule has 2 atom stereocenters. The molecule has 0 saturated heterocycles. The highest BCUT2D eigenvalue weighted by Crippen LogP contribution is 2.44. The minimum Gasteiger partial charge on any atom is -0.431 e. The first-order chi connectivity index (χ1) is 14.9. The fourth-order valence-electron chi connectivity index (χ4n) is 3.20. The highest BCUT2D eigenvalue weighted by atomic mass is 32.2. The molecule has 0 N–H and O–H groups in total. The summed E-state index contributed by atoms with van der Waals surface area (Å²) in [5.74, 6) is -1.40. The molecule has 8 nitrogen and oxygen atoms in total. The van der Waals surface area contributed by atoms with Gasteiger partial charge in [0.25, 0.3) is 0 Å². The summed E-state index contributed by atoms with van der Waals surface area (Å²) in [5.41, 5.74) is 0.527. The molecule has 9 heteroatoms. The van der Waals surface area contributed by atoms with Crippen molar-refractivity contribution in [1.29, 1.82) is 0 Å². The number of hydrogen-bond donors (Lipinski definition) is 0. The molecule has 1 aliphatic rings. The average Bonchev–Trinajstić information content (AvgIpc) is 2.96. The van der Waals surface area contributed by atoms with Gasteiger partial charge in [-0.1, -0.05) is 60.7 Å². The Morgan fingerprint density at radius 1 is 0.968 bits per heavy atom. The maximum Gasteiger partial charge on any atom is 0.514 e. The van der Waals surface area contributed by atoms with Crippen molar-refractivity contribution in [2.45, 2.75) is 11.4 Å². The number of carbonyl (C=O) groups excluding carboxylic acids is 2. The number of rotatable bonds is 8. The van der Waals surface area contributed by atoms with Crippen molar-refractivity contribution in [2.24, 2.45) is 0 Å². The SMILES string of the molecule is COCC(COC(=O)OC1=C(c2ccccc2)S(=O)(=O)C(c2ccccc2)C1=O)OC.